The molecule has 27 heavy (non-hydrogen) atoms. The Labute approximate surface area is 162 Å². The molecule has 1 aliphatic rings. The molecule has 4 rings (SSSR count). The molecule has 2 heterocycles. The molecule has 1 aromatic heterocycles. The summed E-state index contributed by atoms with van der Waals surface area (Å²) < 4.78 is 0. The smallest absolute Gasteiger partial charge is 0.0711 e. The minimum atomic E-state index is 0.963. The number of rotatable bonds is 5. The quantitative estimate of drug-likeness (QED) is 0.560. The minimum absolute atomic E-state index is 0.963. The van der Waals surface area contributed by atoms with E-state index in [0.29, 0.717) is 0 Å². The lowest BCUT2D eigenvalue weighted by Gasteiger charge is -2.29. The van der Waals surface area contributed by atoms with E-state index in [0.717, 1.165) is 12.2 Å². The van der Waals surface area contributed by atoms with Gasteiger partial charge in [-0.2, -0.15) is 0 Å². The Morgan fingerprint density at radius 3 is 1.96 bits per heavy atom. The first-order valence-electron chi connectivity index (χ1n) is 9.89. The van der Waals surface area contributed by atoms with Crippen molar-refractivity contribution in [1.82, 2.24) is 9.88 Å². The summed E-state index contributed by atoms with van der Waals surface area (Å²) in [6.07, 6.45) is 5.84. The van der Waals surface area contributed by atoms with Crippen LogP contribution in [0.5, 0.6) is 0 Å². The number of piperidine rings is 1. The zero-order valence-corrected chi connectivity index (χ0v) is 15.7. The van der Waals surface area contributed by atoms with Crippen molar-refractivity contribution >= 4 is 11.1 Å². The summed E-state index contributed by atoms with van der Waals surface area (Å²) in [4.78, 5) is 7.31. The van der Waals surface area contributed by atoms with Crippen LogP contribution < -0.4 is 0 Å². The SMILES string of the molecule is c1ccc(/C(CN2CCCCC2)=C(\c2ccccc2)c2ccccn2)cc1. The number of likely N-dealkylation sites (tertiary alicyclic amines) is 1. The summed E-state index contributed by atoms with van der Waals surface area (Å²) in [5, 5.41) is 0. The molecule has 1 aliphatic heterocycles. The van der Waals surface area contributed by atoms with Crippen molar-refractivity contribution in [2.75, 3.05) is 19.6 Å². The third-order valence-electron chi connectivity index (χ3n) is 5.24. The molecule has 2 nitrogen and oxygen atoms in total. The molecule has 3 aromatic rings. The third-order valence-corrected chi connectivity index (χ3v) is 5.24. The molecule has 2 aromatic carbocycles. The number of hydrogen-bond acceptors (Lipinski definition) is 2. The first-order chi connectivity index (χ1) is 13.4. The molecule has 0 unspecified atom stereocenters. The molecule has 136 valence electrons. The molecule has 0 atom stereocenters. The number of hydrogen-bond donors (Lipinski definition) is 0. The van der Waals surface area contributed by atoms with Crippen LogP contribution in [0.1, 0.15) is 36.1 Å². The lowest BCUT2D eigenvalue weighted by atomic mass is 9.91. The molecule has 0 saturated carbocycles. The maximum atomic E-state index is 4.72. The first kappa shape index (κ1) is 17.7. The van der Waals surface area contributed by atoms with Gasteiger partial charge in [0.05, 0.1) is 5.69 Å². The van der Waals surface area contributed by atoms with Crippen molar-refractivity contribution in [1.29, 1.82) is 0 Å². The highest BCUT2D eigenvalue weighted by molar-refractivity contribution is 5.98. The second-order valence-corrected chi connectivity index (χ2v) is 7.14. The van der Waals surface area contributed by atoms with Gasteiger partial charge >= 0.3 is 0 Å². The second kappa shape index (κ2) is 8.79. The predicted octanol–water partition coefficient (Wildman–Crippen LogP) is 5.53. The van der Waals surface area contributed by atoms with Crippen LogP contribution in [0.2, 0.25) is 0 Å². The Hall–Kier alpha value is -2.71. The molecule has 0 N–H and O–H groups in total. The molecule has 1 fully saturated rings. The molecule has 2 heteroatoms. The van der Waals surface area contributed by atoms with Gasteiger partial charge in [0.2, 0.25) is 0 Å². The average Bonchev–Trinajstić information content (AvgIpc) is 2.76. The number of pyridine rings is 1. The summed E-state index contributed by atoms with van der Waals surface area (Å²) in [5.41, 5.74) is 6.16. The van der Waals surface area contributed by atoms with Crippen LogP contribution in [0.3, 0.4) is 0 Å². The van der Waals surface area contributed by atoms with Gasteiger partial charge in [0.25, 0.3) is 0 Å². The molecule has 0 spiro atoms. The van der Waals surface area contributed by atoms with E-state index in [2.05, 4.69) is 77.7 Å². The van der Waals surface area contributed by atoms with Crippen LogP contribution in [0, 0.1) is 0 Å². The van der Waals surface area contributed by atoms with Crippen LogP contribution >= 0.6 is 0 Å². The molecule has 0 bridgehead atoms. The van der Waals surface area contributed by atoms with Crippen molar-refractivity contribution < 1.29 is 0 Å². The maximum Gasteiger partial charge on any atom is 0.0711 e. The summed E-state index contributed by atoms with van der Waals surface area (Å²) in [5.74, 6) is 0. The largest absolute Gasteiger partial charge is 0.299 e. The summed E-state index contributed by atoms with van der Waals surface area (Å²) in [6.45, 7) is 3.33. The van der Waals surface area contributed by atoms with E-state index in [1.54, 1.807) is 0 Å². The molecule has 1 saturated heterocycles. The van der Waals surface area contributed by atoms with Gasteiger partial charge in [-0.3, -0.25) is 9.88 Å². The van der Waals surface area contributed by atoms with Crippen molar-refractivity contribution in [3.05, 3.63) is 102 Å². The van der Waals surface area contributed by atoms with Crippen LogP contribution in [-0.2, 0) is 0 Å². The standard InChI is InChI=1S/C25H26N2/c1-4-12-21(13-5-1)23(20-27-18-10-3-11-19-27)25(22-14-6-2-7-15-22)24-16-8-9-17-26-24/h1-2,4-9,12-17H,3,10-11,18-20H2/b25-23+. The fourth-order valence-corrected chi connectivity index (χ4v) is 3.89. The van der Waals surface area contributed by atoms with E-state index in [4.69, 9.17) is 4.98 Å². The fraction of sp³-hybridized carbons (Fsp3) is 0.240. The highest BCUT2D eigenvalue weighted by Crippen LogP contribution is 2.32. The third kappa shape index (κ3) is 4.35. The van der Waals surface area contributed by atoms with Crippen molar-refractivity contribution in [2.45, 2.75) is 19.3 Å². The van der Waals surface area contributed by atoms with Crippen LogP contribution in [-0.4, -0.2) is 29.5 Å². The normalized spacial score (nSPS) is 16.0. The first-order valence-corrected chi connectivity index (χ1v) is 9.89. The van der Waals surface area contributed by atoms with Gasteiger partial charge in [-0.15, -0.1) is 0 Å². The molecule has 0 aliphatic carbocycles. The highest BCUT2D eigenvalue weighted by Gasteiger charge is 2.19. The monoisotopic (exact) mass is 354 g/mol. The van der Waals surface area contributed by atoms with Crippen molar-refractivity contribution in [3.8, 4) is 0 Å². The topological polar surface area (TPSA) is 16.1 Å². The molecular weight excluding hydrogens is 328 g/mol. The Kier molecular flexibility index (Phi) is 5.76. The van der Waals surface area contributed by atoms with Gasteiger partial charge in [0.1, 0.15) is 0 Å². The number of nitrogens with zero attached hydrogens (tertiary/aromatic N) is 2. The van der Waals surface area contributed by atoms with E-state index in [1.165, 1.54) is 54.6 Å². The zero-order chi connectivity index (χ0) is 18.3. The van der Waals surface area contributed by atoms with Crippen LogP contribution in [0.25, 0.3) is 11.1 Å². The lowest BCUT2D eigenvalue weighted by molar-refractivity contribution is 0.255. The lowest BCUT2D eigenvalue weighted by Crippen LogP contribution is -2.31. The van der Waals surface area contributed by atoms with Crippen LogP contribution in [0.15, 0.2) is 85.1 Å². The van der Waals surface area contributed by atoms with E-state index < -0.39 is 0 Å². The second-order valence-electron chi connectivity index (χ2n) is 7.14. The van der Waals surface area contributed by atoms with Gasteiger partial charge in [0.15, 0.2) is 0 Å². The van der Waals surface area contributed by atoms with Crippen LogP contribution in [0.4, 0.5) is 0 Å². The van der Waals surface area contributed by atoms with Gasteiger partial charge in [-0.1, -0.05) is 73.2 Å². The average molecular weight is 354 g/mol. The Morgan fingerprint density at radius 2 is 1.33 bits per heavy atom. The predicted molar refractivity (Wildman–Crippen MR) is 113 cm³/mol. The fourth-order valence-electron chi connectivity index (χ4n) is 3.89. The Morgan fingerprint density at radius 1 is 0.704 bits per heavy atom. The molecule has 0 radical (unpaired) electrons. The number of aromatic nitrogens is 1. The molecule has 0 amide bonds. The summed E-state index contributed by atoms with van der Waals surface area (Å²) >= 11 is 0. The van der Waals surface area contributed by atoms with E-state index >= 15 is 0 Å². The Balaban J connectivity index is 1.88. The summed E-state index contributed by atoms with van der Waals surface area (Å²) in [7, 11) is 0. The van der Waals surface area contributed by atoms with Gasteiger partial charge in [-0.05, 0) is 54.8 Å². The minimum Gasteiger partial charge on any atom is -0.299 e. The number of benzene rings is 2. The van der Waals surface area contributed by atoms with Crippen molar-refractivity contribution in [2.24, 2.45) is 0 Å². The van der Waals surface area contributed by atoms with Gasteiger partial charge in [-0.25, -0.2) is 0 Å². The maximum absolute atomic E-state index is 4.72. The Bertz CT molecular complexity index is 822. The van der Waals surface area contributed by atoms with Gasteiger partial charge < -0.3 is 0 Å². The van der Waals surface area contributed by atoms with Gasteiger partial charge in [0, 0.05) is 18.3 Å². The van der Waals surface area contributed by atoms with Crippen molar-refractivity contribution in [3.63, 3.8) is 0 Å². The zero-order valence-electron chi connectivity index (χ0n) is 15.7. The van der Waals surface area contributed by atoms with E-state index in [9.17, 15) is 0 Å². The molecular formula is C25H26N2. The van der Waals surface area contributed by atoms with E-state index in [-0.39, 0.29) is 0 Å². The summed E-state index contributed by atoms with van der Waals surface area (Å²) in [6, 6.07) is 27.7. The van der Waals surface area contributed by atoms with E-state index in [1.807, 2.05) is 12.3 Å². The highest BCUT2D eigenvalue weighted by atomic mass is 15.1.